The SMILES string of the molecule is NCC#Cc1cc(NC(=O)Cn2cncn2)ccc1Cl. The zero-order chi connectivity index (χ0) is 14.4. The van der Waals surface area contributed by atoms with Crippen molar-refractivity contribution in [3.8, 4) is 11.8 Å². The van der Waals surface area contributed by atoms with Crippen molar-refractivity contribution in [2.45, 2.75) is 6.54 Å². The van der Waals surface area contributed by atoms with Gasteiger partial charge in [-0.3, -0.25) is 4.79 Å². The molecule has 1 amide bonds. The lowest BCUT2D eigenvalue weighted by atomic mass is 10.2. The molecule has 6 nitrogen and oxygen atoms in total. The van der Waals surface area contributed by atoms with E-state index in [0.29, 0.717) is 16.3 Å². The van der Waals surface area contributed by atoms with E-state index in [-0.39, 0.29) is 19.0 Å². The van der Waals surface area contributed by atoms with E-state index in [1.807, 2.05) is 0 Å². The van der Waals surface area contributed by atoms with Gasteiger partial charge >= 0.3 is 0 Å². The minimum Gasteiger partial charge on any atom is -0.324 e. The number of amides is 1. The van der Waals surface area contributed by atoms with E-state index in [0.717, 1.165) is 0 Å². The van der Waals surface area contributed by atoms with Crippen molar-refractivity contribution in [3.05, 3.63) is 41.4 Å². The summed E-state index contributed by atoms with van der Waals surface area (Å²) in [5, 5.41) is 7.11. The second kappa shape index (κ2) is 6.70. The van der Waals surface area contributed by atoms with Crippen LogP contribution >= 0.6 is 11.6 Å². The van der Waals surface area contributed by atoms with E-state index in [4.69, 9.17) is 17.3 Å². The van der Waals surface area contributed by atoms with Gasteiger partial charge in [0.05, 0.1) is 11.6 Å². The molecule has 0 fully saturated rings. The van der Waals surface area contributed by atoms with Gasteiger partial charge in [-0.1, -0.05) is 23.4 Å². The Morgan fingerprint density at radius 2 is 2.35 bits per heavy atom. The van der Waals surface area contributed by atoms with Crippen molar-refractivity contribution in [1.29, 1.82) is 0 Å². The van der Waals surface area contributed by atoms with Gasteiger partial charge in [0.1, 0.15) is 19.2 Å². The minimum atomic E-state index is -0.212. The van der Waals surface area contributed by atoms with Crippen molar-refractivity contribution in [3.63, 3.8) is 0 Å². The second-order valence-corrected chi connectivity index (χ2v) is 4.25. The Hall–Kier alpha value is -2.36. The number of carbonyl (C=O) groups is 1. The quantitative estimate of drug-likeness (QED) is 0.821. The smallest absolute Gasteiger partial charge is 0.246 e. The lowest BCUT2D eigenvalue weighted by molar-refractivity contribution is -0.116. The van der Waals surface area contributed by atoms with Gasteiger partial charge in [0, 0.05) is 11.3 Å². The average Bonchev–Trinajstić information content (AvgIpc) is 2.92. The third-order valence-electron chi connectivity index (χ3n) is 2.35. The molecule has 0 unspecified atom stereocenters. The third kappa shape index (κ3) is 3.82. The topological polar surface area (TPSA) is 85.8 Å². The van der Waals surface area contributed by atoms with Crippen LogP contribution in [0.1, 0.15) is 5.56 Å². The van der Waals surface area contributed by atoms with Crippen molar-refractivity contribution >= 4 is 23.2 Å². The number of rotatable bonds is 3. The molecule has 0 radical (unpaired) electrons. The highest BCUT2D eigenvalue weighted by molar-refractivity contribution is 6.31. The maximum atomic E-state index is 11.8. The maximum Gasteiger partial charge on any atom is 0.246 e. The summed E-state index contributed by atoms with van der Waals surface area (Å²) in [5.74, 6) is 5.35. The molecule has 20 heavy (non-hydrogen) atoms. The van der Waals surface area contributed by atoms with Crippen LogP contribution in [0.5, 0.6) is 0 Å². The van der Waals surface area contributed by atoms with Gasteiger partial charge in [0.15, 0.2) is 0 Å². The number of nitrogens with two attached hydrogens (primary N) is 1. The Morgan fingerprint density at radius 1 is 1.50 bits per heavy atom. The first kappa shape index (κ1) is 14.1. The van der Waals surface area contributed by atoms with Crippen LogP contribution in [0.2, 0.25) is 5.02 Å². The molecule has 0 saturated heterocycles. The highest BCUT2D eigenvalue weighted by atomic mass is 35.5. The molecule has 2 rings (SSSR count). The molecule has 7 heteroatoms. The van der Waals surface area contributed by atoms with Crippen LogP contribution in [0.3, 0.4) is 0 Å². The zero-order valence-electron chi connectivity index (χ0n) is 10.5. The third-order valence-corrected chi connectivity index (χ3v) is 2.68. The van der Waals surface area contributed by atoms with Gasteiger partial charge in [0.25, 0.3) is 0 Å². The predicted octanol–water partition coefficient (Wildman–Crippen LogP) is 0.880. The molecule has 0 spiro atoms. The van der Waals surface area contributed by atoms with E-state index in [1.165, 1.54) is 17.3 Å². The van der Waals surface area contributed by atoms with Gasteiger partial charge in [-0.15, -0.1) is 0 Å². The molecule has 0 aliphatic rings. The summed E-state index contributed by atoms with van der Waals surface area (Å²) < 4.78 is 1.43. The van der Waals surface area contributed by atoms with E-state index in [9.17, 15) is 4.79 Å². The molecule has 0 saturated carbocycles. The molecule has 0 aliphatic heterocycles. The Kier molecular flexibility index (Phi) is 4.71. The second-order valence-electron chi connectivity index (χ2n) is 3.84. The fourth-order valence-electron chi connectivity index (χ4n) is 1.51. The molecule has 1 heterocycles. The molecule has 0 aliphatic carbocycles. The Morgan fingerprint density at radius 3 is 3.05 bits per heavy atom. The van der Waals surface area contributed by atoms with E-state index in [1.54, 1.807) is 18.2 Å². The van der Waals surface area contributed by atoms with Gasteiger partial charge in [-0.05, 0) is 18.2 Å². The minimum absolute atomic E-state index is 0.0897. The fourth-order valence-corrected chi connectivity index (χ4v) is 1.67. The monoisotopic (exact) mass is 289 g/mol. The van der Waals surface area contributed by atoms with Crippen molar-refractivity contribution < 1.29 is 4.79 Å². The first-order chi connectivity index (χ1) is 9.69. The zero-order valence-corrected chi connectivity index (χ0v) is 11.3. The number of hydrogen-bond acceptors (Lipinski definition) is 4. The molecule has 3 N–H and O–H groups in total. The number of anilines is 1. The largest absolute Gasteiger partial charge is 0.324 e. The summed E-state index contributed by atoms with van der Waals surface area (Å²) in [7, 11) is 0. The number of carbonyl (C=O) groups excluding carboxylic acids is 1. The molecular weight excluding hydrogens is 278 g/mol. The van der Waals surface area contributed by atoms with Crippen LogP contribution in [0.15, 0.2) is 30.9 Å². The molecular formula is C13H12ClN5O. The lowest BCUT2D eigenvalue weighted by Crippen LogP contribution is -2.19. The Labute approximate surface area is 120 Å². The molecule has 2 aromatic rings. The van der Waals surface area contributed by atoms with Crippen LogP contribution in [0.25, 0.3) is 0 Å². The summed E-state index contributed by atoms with van der Waals surface area (Å²) in [6, 6.07) is 5.08. The molecule has 102 valence electrons. The normalized spacial score (nSPS) is 9.70. The number of aromatic nitrogens is 3. The van der Waals surface area contributed by atoms with E-state index in [2.05, 4.69) is 27.2 Å². The highest BCUT2D eigenvalue weighted by Gasteiger charge is 2.06. The standard InChI is InChI=1S/C13H12ClN5O/c14-12-4-3-11(6-10(12)2-1-5-15)18-13(20)7-19-9-16-8-17-19/h3-4,6,8-9H,5,7,15H2,(H,18,20). The van der Waals surface area contributed by atoms with Crippen molar-refractivity contribution in [2.24, 2.45) is 5.73 Å². The van der Waals surface area contributed by atoms with Crippen molar-refractivity contribution in [2.75, 3.05) is 11.9 Å². The number of nitrogens with one attached hydrogen (secondary N) is 1. The molecule has 0 atom stereocenters. The maximum absolute atomic E-state index is 11.8. The fraction of sp³-hybridized carbons (Fsp3) is 0.154. The van der Waals surface area contributed by atoms with Crippen LogP contribution in [-0.2, 0) is 11.3 Å². The Bertz CT molecular complexity index is 657. The van der Waals surface area contributed by atoms with Gasteiger partial charge in [-0.25, -0.2) is 9.67 Å². The first-order valence-electron chi connectivity index (χ1n) is 5.80. The van der Waals surface area contributed by atoms with Crippen LogP contribution < -0.4 is 11.1 Å². The number of benzene rings is 1. The molecule has 1 aromatic carbocycles. The van der Waals surface area contributed by atoms with E-state index >= 15 is 0 Å². The summed E-state index contributed by atoms with van der Waals surface area (Å²) in [5.41, 5.74) is 6.55. The van der Waals surface area contributed by atoms with Gasteiger partial charge in [0.2, 0.25) is 5.91 Å². The summed E-state index contributed by atoms with van der Waals surface area (Å²) in [4.78, 5) is 15.6. The van der Waals surface area contributed by atoms with Gasteiger partial charge in [-0.2, -0.15) is 5.10 Å². The van der Waals surface area contributed by atoms with Crippen LogP contribution in [0.4, 0.5) is 5.69 Å². The van der Waals surface area contributed by atoms with Crippen LogP contribution in [0, 0.1) is 11.8 Å². The number of nitrogens with zero attached hydrogens (tertiary/aromatic N) is 3. The van der Waals surface area contributed by atoms with E-state index < -0.39 is 0 Å². The predicted molar refractivity (Wildman–Crippen MR) is 76.0 cm³/mol. The number of hydrogen-bond donors (Lipinski definition) is 2. The highest BCUT2D eigenvalue weighted by Crippen LogP contribution is 2.19. The average molecular weight is 290 g/mol. The molecule has 1 aromatic heterocycles. The summed E-state index contributed by atoms with van der Waals surface area (Å²) >= 11 is 6.01. The first-order valence-corrected chi connectivity index (χ1v) is 6.17. The summed E-state index contributed by atoms with van der Waals surface area (Å²) in [6.07, 6.45) is 2.84. The van der Waals surface area contributed by atoms with Crippen molar-refractivity contribution in [1.82, 2.24) is 14.8 Å². The molecule has 0 bridgehead atoms. The lowest BCUT2D eigenvalue weighted by Gasteiger charge is -2.06. The Balaban J connectivity index is 2.07. The van der Waals surface area contributed by atoms with Gasteiger partial charge < -0.3 is 11.1 Å². The summed E-state index contributed by atoms with van der Waals surface area (Å²) in [6.45, 7) is 0.339. The van der Waals surface area contributed by atoms with Crippen LogP contribution in [-0.4, -0.2) is 27.2 Å². The number of halogens is 1.